The summed E-state index contributed by atoms with van der Waals surface area (Å²) in [6.07, 6.45) is 0.387. The molecule has 2 rings (SSSR count). The second-order valence-corrected chi connectivity index (χ2v) is 4.88. The largest absolute Gasteiger partial charge is 0.458 e. The number of rotatable bonds is 5. The van der Waals surface area contributed by atoms with E-state index in [4.69, 9.17) is 16.0 Å². The molecule has 1 N–H and O–H groups in total. The zero-order chi connectivity index (χ0) is 13.8. The Balaban J connectivity index is 1.86. The Bertz CT molecular complexity index is 590. The Labute approximate surface area is 117 Å². The number of aryl methyl sites for hydroxylation is 2. The Morgan fingerprint density at radius 1 is 1.26 bits per heavy atom. The molecule has 0 saturated carbocycles. The van der Waals surface area contributed by atoms with Crippen LogP contribution in [0.3, 0.4) is 0 Å². The third kappa shape index (κ3) is 3.61. The summed E-state index contributed by atoms with van der Waals surface area (Å²) in [4.78, 5) is 11.8. The maximum atomic E-state index is 11.8. The summed E-state index contributed by atoms with van der Waals surface area (Å²) in [5, 5.41) is 3.89. The maximum Gasteiger partial charge on any atom is 0.199 e. The number of carbonyl (C=O) groups is 1. The number of anilines is 1. The van der Waals surface area contributed by atoms with Crippen LogP contribution >= 0.6 is 11.6 Å². The summed E-state index contributed by atoms with van der Waals surface area (Å²) in [6, 6.07) is 9.25. The van der Waals surface area contributed by atoms with Crippen LogP contribution in [0.2, 0.25) is 5.02 Å². The Morgan fingerprint density at radius 3 is 2.68 bits per heavy atom. The second kappa shape index (κ2) is 5.93. The van der Waals surface area contributed by atoms with Crippen LogP contribution in [0, 0.1) is 13.8 Å². The summed E-state index contributed by atoms with van der Waals surface area (Å²) in [5.74, 6) is 1.17. The van der Waals surface area contributed by atoms with Gasteiger partial charge in [0.2, 0.25) is 0 Å². The van der Waals surface area contributed by atoms with Crippen LogP contribution in [0.1, 0.15) is 28.3 Å². The first kappa shape index (κ1) is 13.7. The number of benzene rings is 1. The molecule has 0 amide bonds. The minimum atomic E-state index is -0.00110. The number of hydrogen-bond donors (Lipinski definition) is 1. The fourth-order valence-electron chi connectivity index (χ4n) is 1.73. The number of ketones is 1. The Kier molecular flexibility index (Phi) is 4.27. The zero-order valence-electron chi connectivity index (χ0n) is 11.0. The molecule has 1 heterocycles. The van der Waals surface area contributed by atoms with Crippen LogP contribution in [0.4, 0.5) is 5.69 Å². The average molecular weight is 278 g/mol. The summed E-state index contributed by atoms with van der Waals surface area (Å²) in [5.41, 5.74) is 1.95. The molecule has 0 radical (unpaired) electrons. The second-order valence-electron chi connectivity index (χ2n) is 4.47. The SMILES string of the molecule is Cc1ccc(C(=O)CCNc2ccc(C)c(Cl)c2)o1. The van der Waals surface area contributed by atoms with E-state index in [2.05, 4.69) is 5.32 Å². The van der Waals surface area contributed by atoms with Gasteiger partial charge in [0.1, 0.15) is 5.76 Å². The number of furan rings is 1. The van der Waals surface area contributed by atoms with Gasteiger partial charge in [-0.15, -0.1) is 0 Å². The predicted molar refractivity (Wildman–Crippen MR) is 77.1 cm³/mol. The summed E-state index contributed by atoms with van der Waals surface area (Å²) in [7, 11) is 0. The van der Waals surface area contributed by atoms with Crippen LogP contribution < -0.4 is 5.32 Å². The van der Waals surface area contributed by atoms with E-state index in [1.165, 1.54) is 0 Å². The first-order chi connectivity index (χ1) is 9.06. The first-order valence-electron chi connectivity index (χ1n) is 6.16. The van der Waals surface area contributed by atoms with Gasteiger partial charge in [0.25, 0.3) is 0 Å². The van der Waals surface area contributed by atoms with Crippen LogP contribution in [0.5, 0.6) is 0 Å². The van der Waals surface area contributed by atoms with Gasteiger partial charge in [-0.3, -0.25) is 4.79 Å². The van der Waals surface area contributed by atoms with E-state index >= 15 is 0 Å². The van der Waals surface area contributed by atoms with E-state index in [0.717, 1.165) is 22.0 Å². The van der Waals surface area contributed by atoms with Crippen molar-refractivity contribution in [2.45, 2.75) is 20.3 Å². The van der Waals surface area contributed by atoms with E-state index < -0.39 is 0 Å². The standard InChI is InChI=1S/C15H16ClNO2/c1-10-3-5-12(9-13(10)16)17-8-7-14(18)15-6-4-11(2)19-15/h3-6,9,17H,7-8H2,1-2H3. The maximum absolute atomic E-state index is 11.8. The lowest BCUT2D eigenvalue weighted by molar-refractivity contribution is 0.0958. The predicted octanol–water partition coefficient (Wildman–Crippen LogP) is 4.23. The van der Waals surface area contributed by atoms with Crippen LogP contribution in [-0.2, 0) is 0 Å². The van der Waals surface area contributed by atoms with Crippen molar-refractivity contribution in [1.82, 2.24) is 0 Å². The third-order valence-corrected chi connectivity index (χ3v) is 3.28. The van der Waals surface area contributed by atoms with Crippen LogP contribution in [0.15, 0.2) is 34.7 Å². The fourth-order valence-corrected chi connectivity index (χ4v) is 1.91. The summed E-state index contributed by atoms with van der Waals surface area (Å²) >= 11 is 6.03. The van der Waals surface area contributed by atoms with Gasteiger partial charge in [-0.25, -0.2) is 0 Å². The van der Waals surface area contributed by atoms with Crippen molar-refractivity contribution < 1.29 is 9.21 Å². The quantitative estimate of drug-likeness (QED) is 0.832. The molecular formula is C15H16ClNO2. The number of halogens is 1. The molecule has 3 nitrogen and oxygen atoms in total. The molecule has 19 heavy (non-hydrogen) atoms. The minimum absolute atomic E-state index is 0.00110. The molecule has 1 aromatic heterocycles. The van der Waals surface area contributed by atoms with Gasteiger partial charge in [-0.05, 0) is 43.7 Å². The van der Waals surface area contributed by atoms with Crippen molar-refractivity contribution in [2.24, 2.45) is 0 Å². The molecule has 0 unspecified atom stereocenters. The van der Waals surface area contributed by atoms with Gasteiger partial charge in [0, 0.05) is 23.7 Å². The van der Waals surface area contributed by atoms with Crippen LogP contribution in [-0.4, -0.2) is 12.3 Å². The molecule has 0 atom stereocenters. The summed E-state index contributed by atoms with van der Waals surface area (Å²) < 4.78 is 5.28. The number of hydrogen-bond acceptors (Lipinski definition) is 3. The lowest BCUT2D eigenvalue weighted by Crippen LogP contribution is -2.08. The molecule has 2 aromatic rings. The van der Waals surface area contributed by atoms with E-state index in [9.17, 15) is 4.79 Å². The van der Waals surface area contributed by atoms with E-state index in [-0.39, 0.29) is 5.78 Å². The van der Waals surface area contributed by atoms with Crippen molar-refractivity contribution >= 4 is 23.1 Å². The number of Topliss-reactive ketones (excluding diaryl/α,β-unsaturated/α-hetero) is 1. The highest BCUT2D eigenvalue weighted by atomic mass is 35.5. The van der Waals surface area contributed by atoms with Crippen molar-refractivity contribution in [3.05, 3.63) is 52.4 Å². The molecule has 0 fully saturated rings. The normalized spacial score (nSPS) is 10.5. The van der Waals surface area contributed by atoms with Gasteiger partial charge in [-0.2, -0.15) is 0 Å². The monoisotopic (exact) mass is 277 g/mol. The van der Waals surface area contributed by atoms with Crippen LogP contribution in [0.25, 0.3) is 0 Å². The molecule has 0 aliphatic rings. The molecule has 1 aromatic carbocycles. The van der Waals surface area contributed by atoms with Gasteiger partial charge < -0.3 is 9.73 Å². The summed E-state index contributed by atoms with van der Waals surface area (Å²) in [6.45, 7) is 4.33. The Morgan fingerprint density at radius 2 is 2.05 bits per heavy atom. The highest BCUT2D eigenvalue weighted by molar-refractivity contribution is 6.31. The lowest BCUT2D eigenvalue weighted by Gasteiger charge is -2.07. The molecular weight excluding hydrogens is 262 g/mol. The fraction of sp³-hybridized carbons (Fsp3) is 0.267. The number of carbonyl (C=O) groups excluding carboxylic acids is 1. The lowest BCUT2D eigenvalue weighted by atomic mass is 10.2. The number of nitrogens with one attached hydrogen (secondary N) is 1. The van der Waals surface area contributed by atoms with Gasteiger partial charge >= 0.3 is 0 Å². The van der Waals surface area contributed by atoms with Crippen molar-refractivity contribution in [3.63, 3.8) is 0 Å². The van der Waals surface area contributed by atoms with Gasteiger partial charge in [-0.1, -0.05) is 17.7 Å². The van der Waals surface area contributed by atoms with Crippen molar-refractivity contribution in [3.8, 4) is 0 Å². The molecule has 100 valence electrons. The molecule has 0 spiro atoms. The highest BCUT2D eigenvalue weighted by Gasteiger charge is 2.09. The highest BCUT2D eigenvalue weighted by Crippen LogP contribution is 2.20. The molecule has 0 saturated heterocycles. The Hall–Kier alpha value is -1.74. The van der Waals surface area contributed by atoms with E-state index in [0.29, 0.717) is 18.7 Å². The molecule has 4 heteroatoms. The minimum Gasteiger partial charge on any atom is -0.458 e. The van der Waals surface area contributed by atoms with E-state index in [1.54, 1.807) is 12.1 Å². The third-order valence-electron chi connectivity index (χ3n) is 2.87. The molecule has 0 aliphatic carbocycles. The average Bonchev–Trinajstić information content (AvgIpc) is 2.80. The topological polar surface area (TPSA) is 42.2 Å². The van der Waals surface area contributed by atoms with Crippen molar-refractivity contribution in [1.29, 1.82) is 0 Å². The molecule has 0 bridgehead atoms. The van der Waals surface area contributed by atoms with Crippen molar-refractivity contribution in [2.75, 3.05) is 11.9 Å². The first-order valence-corrected chi connectivity index (χ1v) is 6.54. The zero-order valence-corrected chi connectivity index (χ0v) is 11.8. The van der Waals surface area contributed by atoms with Gasteiger partial charge in [0.05, 0.1) is 0 Å². The molecule has 0 aliphatic heterocycles. The van der Waals surface area contributed by atoms with E-state index in [1.807, 2.05) is 32.0 Å². The van der Waals surface area contributed by atoms with Gasteiger partial charge in [0.15, 0.2) is 11.5 Å². The smallest absolute Gasteiger partial charge is 0.199 e.